The second-order valence-corrected chi connectivity index (χ2v) is 6.37. The van der Waals surface area contributed by atoms with E-state index in [1.165, 1.54) is 12.8 Å². The van der Waals surface area contributed by atoms with Crippen LogP contribution in [0.15, 0.2) is 18.2 Å². The highest BCUT2D eigenvalue weighted by Crippen LogP contribution is 2.25. The van der Waals surface area contributed by atoms with Gasteiger partial charge in [-0.05, 0) is 66.1 Å². The Morgan fingerprint density at radius 3 is 2.85 bits per heavy atom. The molecule has 110 valence electrons. The normalized spacial score (nSPS) is 22.4. The minimum atomic E-state index is -0.0117. The topological polar surface area (TPSA) is 64.3 Å². The lowest BCUT2D eigenvalue weighted by Gasteiger charge is -2.31. The van der Waals surface area contributed by atoms with E-state index in [-0.39, 0.29) is 11.9 Å². The molecule has 2 unspecified atom stereocenters. The van der Waals surface area contributed by atoms with Gasteiger partial charge >= 0.3 is 0 Å². The molecule has 2 atom stereocenters. The van der Waals surface area contributed by atoms with E-state index in [2.05, 4.69) is 27.9 Å². The first-order valence-corrected chi connectivity index (χ1v) is 8.08. The molecule has 0 saturated heterocycles. The van der Waals surface area contributed by atoms with E-state index in [9.17, 15) is 4.79 Å². The molecule has 2 rings (SSSR count). The number of nitrogens with one attached hydrogen (secondary N) is 1. The molecular formula is C15H21IN2O2. The van der Waals surface area contributed by atoms with Gasteiger partial charge in [-0.2, -0.15) is 0 Å². The lowest BCUT2D eigenvalue weighted by Crippen LogP contribution is -2.44. The highest BCUT2D eigenvalue weighted by atomic mass is 127. The maximum atomic E-state index is 12.4. The lowest BCUT2D eigenvalue weighted by molar-refractivity contribution is 0.0907. The summed E-state index contributed by atoms with van der Waals surface area (Å²) in [6.45, 7) is 0.644. The van der Waals surface area contributed by atoms with Crippen molar-refractivity contribution >= 4 is 28.5 Å². The molecule has 0 spiro atoms. The first-order chi connectivity index (χ1) is 9.65. The summed E-state index contributed by atoms with van der Waals surface area (Å²) < 4.78 is 6.06. The summed E-state index contributed by atoms with van der Waals surface area (Å²) in [5, 5.41) is 3.15. The average molecular weight is 388 g/mol. The van der Waals surface area contributed by atoms with Crippen LogP contribution in [0.25, 0.3) is 0 Å². The van der Waals surface area contributed by atoms with Gasteiger partial charge in [0.15, 0.2) is 0 Å². The Morgan fingerprint density at radius 2 is 2.20 bits per heavy atom. The molecule has 1 amide bonds. The second-order valence-electron chi connectivity index (χ2n) is 5.21. The van der Waals surface area contributed by atoms with Crippen LogP contribution in [-0.2, 0) is 0 Å². The Labute approximate surface area is 133 Å². The van der Waals surface area contributed by atoms with Crippen molar-refractivity contribution in [3.8, 4) is 5.75 Å². The summed E-state index contributed by atoms with van der Waals surface area (Å²) in [6.07, 6.45) is 4.52. The Kier molecular flexibility index (Phi) is 5.65. The molecule has 0 bridgehead atoms. The molecule has 0 aliphatic heterocycles. The van der Waals surface area contributed by atoms with Crippen molar-refractivity contribution < 1.29 is 9.53 Å². The molecule has 4 nitrogen and oxygen atoms in total. The minimum Gasteiger partial charge on any atom is -0.497 e. The SMILES string of the molecule is COc1ccc(C(=O)NC2CCCCC2CN)c(I)c1. The molecule has 5 heteroatoms. The summed E-state index contributed by atoms with van der Waals surface area (Å²) in [4.78, 5) is 12.4. The number of halogens is 1. The Hall–Kier alpha value is -0.820. The highest BCUT2D eigenvalue weighted by Gasteiger charge is 2.26. The van der Waals surface area contributed by atoms with E-state index in [1.807, 2.05) is 18.2 Å². The van der Waals surface area contributed by atoms with Crippen LogP contribution in [-0.4, -0.2) is 25.6 Å². The maximum Gasteiger partial charge on any atom is 0.252 e. The van der Waals surface area contributed by atoms with Gasteiger partial charge < -0.3 is 15.8 Å². The fourth-order valence-electron chi connectivity index (χ4n) is 2.73. The van der Waals surface area contributed by atoms with E-state index in [0.29, 0.717) is 18.0 Å². The third kappa shape index (κ3) is 3.63. The summed E-state index contributed by atoms with van der Waals surface area (Å²) in [7, 11) is 1.62. The number of ether oxygens (including phenoxy) is 1. The van der Waals surface area contributed by atoms with Crippen LogP contribution >= 0.6 is 22.6 Å². The number of nitrogens with two attached hydrogens (primary N) is 1. The zero-order chi connectivity index (χ0) is 14.5. The van der Waals surface area contributed by atoms with Crippen LogP contribution in [0.4, 0.5) is 0 Å². The Morgan fingerprint density at radius 1 is 1.45 bits per heavy atom. The van der Waals surface area contributed by atoms with Gasteiger partial charge in [0.05, 0.1) is 12.7 Å². The number of hydrogen-bond acceptors (Lipinski definition) is 3. The zero-order valence-corrected chi connectivity index (χ0v) is 13.9. The fraction of sp³-hybridized carbons (Fsp3) is 0.533. The standard InChI is InChI=1S/C15H21IN2O2/c1-20-11-6-7-12(13(16)8-11)15(19)18-14-5-3-2-4-10(14)9-17/h6-8,10,14H,2-5,9,17H2,1H3,(H,18,19). The van der Waals surface area contributed by atoms with Crippen molar-refractivity contribution in [3.05, 3.63) is 27.3 Å². The molecular weight excluding hydrogens is 367 g/mol. The van der Waals surface area contributed by atoms with E-state index < -0.39 is 0 Å². The Balaban J connectivity index is 2.07. The second kappa shape index (κ2) is 7.26. The molecule has 1 aromatic rings. The summed E-state index contributed by atoms with van der Waals surface area (Å²) >= 11 is 2.17. The van der Waals surface area contributed by atoms with Crippen molar-refractivity contribution in [3.63, 3.8) is 0 Å². The predicted molar refractivity (Wildman–Crippen MR) is 88.0 cm³/mol. The maximum absolute atomic E-state index is 12.4. The van der Waals surface area contributed by atoms with Gasteiger partial charge in [-0.15, -0.1) is 0 Å². The molecule has 20 heavy (non-hydrogen) atoms. The van der Waals surface area contributed by atoms with E-state index >= 15 is 0 Å². The van der Waals surface area contributed by atoms with Crippen LogP contribution in [0.5, 0.6) is 5.75 Å². The molecule has 0 aromatic heterocycles. The molecule has 1 saturated carbocycles. The summed E-state index contributed by atoms with van der Waals surface area (Å²) in [5.74, 6) is 1.16. The number of rotatable bonds is 4. The van der Waals surface area contributed by atoms with Crippen LogP contribution in [0.3, 0.4) is 0 Å². The van der Waals surface area contributed by atoms with Crippen molar-refractivity contribution in [2.24, 2.45) is 11.7 Å². The number of carbonyl (C=O) groups excluding carboxylic acids is 1. The lowest BCUT2D eigenvalue weighted by atomic mass is 9.84. The van der Waals surface area contributed by atoms with Crippen LogP contribution < -0.4 is 15.8 Å². The molecule has 3 N–H and O–H groups in total. The van der Waals surface area contributed by atoms with E-state index in [4.69, 9.17) is 10.5 Å². The largest absolute Gasteiger partial charge is 0.497 e. The van der Waals surface area contributed by atoms with Crippen molar-refractivity contribution in [1.82, 2.24) is 5.32 Å². The smallest absolute Gasteiger partial charge is 0.252 e. The number of benzene rings is 1. The van der Waals surface area contributed by atoms with Crippen LogP contribution in [0.1, 0.15) is 36.0 Å². The molecule has 1 aliphatic rings. The molecule has 1 aromatic carbocycles. The first-order valence-electron chi connectivity index (χ1n) is 7.00. The number of methoxy groups -OCH3 is 1. The third-order valence-electron chi connectivity index (χ3n) is 3.95. The van der Waals surface area contributed by atoms with Gasteiger partial charge in [0.2, 0.25) is 0 Å². The van der Waals surface area contributed by atoms with Crippen molar-refractivity contribution in [2.75, 3.05) is 13.7 Å². The molecule has 0 radical (unpaired) electrons. The molecule has 1 fully saturated rings. The third-order valence-corrected chi connectivity index (χ3v) is 4.84. The fourth-order valence-corrected chi connectivity index (χ4v) is 3.46. The first kappa shape index (κ1) is 15.6. The Bertz CT molecular complexity index is 479. The summed E-state index contributed by atoms with van der Waals surface area (Å²) in [6, 6.07) is 5.71. The van der Waals surface area contributed by atoms with Crippen LogP contribution in [0, 0.1) is 9.49 Å². The van der Waals surface area contributed by atoms with E-state index in [0.717, 1.165) is 22.2 Å². The van der Waals surface area contributed by atoms with Crippen LogP contribution in [0.2, 0.25) is 0 Å². The van der Waals surface area contributed by atoms with Crippen molar-refractivity contribution in [2.45, 2.75) is 31.7 Å². The monoisotopic (exact) mass is 388 g/mol. The highest BCUT2D eigenvalue weighted by molar-refractivity contribution is 14.1. The van der Waals surface area contributed by atoms with Gasteiger partial charge in [0, 0.05) is 9.61 Å². The van der Waals surface area contributed by atoms with Gasteiger partial charge in [-0.3, -0.25) is 4.79 Å². The van der Waals surface area contributed by atoms with Gasteiger partial charge in [0.1, 0.15) is 5.75 Å². The predicted octanol–water partition coefficient (Wildman–Crippen LogP) is 2.55. The number of carbonyl (C=O) groups is 1. The van der Waals surface area contributed by atoms with E-state index in [1.54, 1.807) is 7.11 Å². The minimum absolute atomic E-state index is 0.0117. The number of amides is 1. The van der Waals surface area contributed by atoms with Gasteiger partial charge in [0.25, 0.3) is 5.91 Å². The molecule has 1 aliphatic carbocycles. The average Bonchev–Trinajstić information content (AvgIpc) is 2.47. The summed E-state index contributed by atoms with van der Waals surface area (Å²) in [5.41, 5.74) is 6.51. The molecule has 0 heterocycles. The van der Waals surface area contributed by atoms with Crippen molar-refractivity contribution in [1.29, 1.82) is 0 Å². The van der Waals surface area contributed by atoms with Gasteiger partial charge in [-0.25, -0.2) is 0 Å². The quantitative estimate of drug-likeness (QED) is 0.780. The zero-order valence-electron chi connectivity index (χ0n) is 11.7. The van der Waals surface area contributed by atoms with Gasteiger partial charge in [-0.1, -0.05) is 12.8 Å². The number of hydrogen-bond donors (Lipinski definition) is 2.